The number of carbonyl (C=O) groups is 1. The van der Waals surface area contributed by atoms with E-state index in [0.717, 1.165) is 33.8 Å². The second-order valence-electron chi connectivity index (χ2n) is 9.38. The van der Waals surface area contributed by atoms with Crippen molar-refractivity contribution in [3.63, 3.8) is 0 Å². The van der Waals surface area contributed by atoms with E-state index in [1.165, 1.54) is 18.9 Å². The minimum Gasteiger partial charge on any atom is -0.502 e. The number of pyridine rings is 1. The number of carbonyl (C=O) groups excluding carboxylic acids is 1. The predicted molar refractivity (Wildman–Crippen MR) is 138 cm³/mol. The van der Waals surface area contributed by atoms with E-state index in [0.29, 0.717) is 18.2 Å². The van der Waals surface area contributed by atoms with E-state index in [-0.39, 0.29) is 24.3 Å². The molecular formula is C28H25N3O4S. The number of aromatic hydroxyl groups is 1. The molecule has 2 aromatic carbocycles. The van der Waals surface area contributed by atoms with E-state index in [1.807, 2.05) is 29.3 Å². The molecule has 1 aromatic heterocycles. The van der Waals surface area contributed by atoms with Crippen LogP contribution in [0.15, 0.2) is 64.4 Å². The van der Waals surface area contributed by atoms with Crippen LogP contribution in [0.5, 0.6) is 11.5 Å². The predicted octanol–water partition coefficient (Wildman–Crippen LogP) is 4.07. The fourth-order valence-electron chi connectivity index (χ4n) is 5.15. The lowest BCUT2D eigenvalue weighted by Gasteiger charge is -2.44. The summed E-state index contributed by atoms with van der Waals surface area (Å²) in [4.78, 5) is 28.7. The lowest BCUT2D eigenvalue weighted by atomic mass is 9.93. The molecule has 0 saturated heterocycles. The van der Waals surface area contributed by atoms with E-state index in [4.69, 9.17) is 11.2 Å². The second kappa shape index (κ2) is 8.99. The number of aromatic nitrogens is 1. The molecule has 0 bridgehead atoms. The maximum Gasteiger partial charge on any atom is 0.277 e. The Morgan fingerprint density at radius 3 is 2.75 bits per heavy atom. The Morgan fingerprint density at radius 1 is 1.11 bits per heavy atom. The maximum atomic E-state index is 13.5. The highest BCUT2D eigenvalue weighted by Crippen LogP contribution is 2.46. The zero-order chi connectivity index (χ0) is 24.8. The lowest BCUT2D eigenvalue weighted by molar-refractivity contribution is 0.0674. The molecule has 6 rings (SSSR count). The summed E-state index contributed by atoms with van der Waals surface area (Å²) in [5.41, 5.74) is 2.42. The molecule has 1 saturated carbocycles. The number of terminal acetylenes is 1. The minimum atomic E-state index is -0.577. The first kappa shape index (κ1) is 22.6. The van der Waals surface area contributed by atoms with E-state index in [2.05, 4.69) is 24.3 Å². The Labute approximate surface area is 213 Å². The lowest BCUT2D eigenvalue weighted by Crippen LogP contribution is -2.55. The number of thioether (sulfide) groups is 1. The Morgan fingerprint density at radius 2 is 1.94 bits per heavy atom. The van der Waals surface area contributed by atoms with Gasteiger partial charge in [0, 0.05) is 35.0 Å². The van der Waals surface area contributed by atoms with Crippen LogP contribution in [0.25, 0.3) is 0 Å². The first-order chi connectivity index (χ1) is 17.6. The summed E-state index contributed by atoms with van der Waals surface area (Å²) in [6, 6.07) is 14.9. The molecule has 2 aliphatic heterocycles. The summed E-state index contributed by atoms with van der Waals surface area (Å²) >= 11 is 1.73. The second-order valence-corrected chi connectivity index (χ2v) is 10.4. The largest absolute Gasteiger partial charge is 0.502 e. The molecule has 1 fully saturated rings. The Hall–Kier alpha value is -3.83. The molecule has 0 radical (unpaired) electrons. The van der Waals surface area contributed by atoms with Gasteiger partial charge >= 0.3 is 0 Å². The number of nitrogens with zero attached hydrogens (tertiary/aromatic N) is 3. The summed E-state index contributed by atoms with van der Waals surface area (Å²) in [6.07, 6.45) is 12.7. The van der Waals surface area contributed by atoms with Crippen LogP contribution in [0, 0.1) is 18.4 Å². The van der Waals surface area contributed by atoms with Crippen LogP contribution in [0.4, 0.5) is 0 Å². The Balaban J connectivity index is 1.57. The van der Waals surface area contributed by atoms with Crippen molar-refractivity contribution in [2.45, 2.75) is 36.0 Å². The molecule has 1 aliphatic carbocycles. The van der Waals surface area contributed by atoms with Crippen LogP contribution >= 0.6 is 11.8 Å². The Kier molecular flexibility index (Phi) is 5.65. The number of hydrogen-bond acceptors (Lipinski definition) is 6. The summed E-state index contributed by atoms with van der Waals surface area (Å²) in [5.74, 6) is 1.06. The number of benzene rings is 2. The van der Waals surface area contributed by atoms with Gasteiger partial charge in [-0.2, -0.15) is 0 Å². The molecule has 3 aromatic rings. The first-order valence-electron chi connectivity index (χ1n) is 12.0. The average molecular weight is 500 g/mol. The van der Waals surface area contributed by atoms with Crippen molar-refractivity contribution in [3.05, 3.63) is 87.3 Å². The summed E-state index contributed by atoms with van der Waals surface area (Å²) in [7, 11) is 0. The van der Waals surface area contributed by atoms with Crippen molar-refractivity contribution >= 4 is 17.7 Å². The van der Waals surface area contributed by atoms with Crippen LogP contribution in [0.3, 0.4) is 0 Å². The van der Waals surface area contributed by atoms with E-state index in [1.54, 1.807) is 27.5 Å². The van der Waals surface area contributed by atoms with Gasteiger partial charge in [0.1, 0.15) is 24.6 Å². The van der Waals surface area contributed by atoms with Gasteiger partial charge in [0.15, 0.2) is 11.4 Å². The van der Waals surface area contributed by atoms with Crippen molar-refractivity contribution in [3.8, 4) is 24.0 Å². The highest BCUT2D eigenvalue weighted by atomic mass is 32.2. The number of hydrogen-bond donors (Lipinski definition) is 1. The van der Waals surface area contributed by atoms with Gasteiger partial charge in [-0.15, -0.1) is 11.8 Å². The summed E-state index contributed by atoms with van der Waals surface area (Å²) in [6.45, 7) is 0.843. The van der Waals surface area contributed by atoms with Gasteiger partial charge in [-0.05, 0) is 35.6 Å². The molecule has 3 aliphatic rings. The standard InChI is InChI=1S/C28H25N3O4S/c1-2-35-22-8-5-6-19-16-36-23-9-4-3-7-20(23)25(24(19)22)31-17-29(14-12-18-10-11-18)28(34)26-27(33)21(32)13-15-30(26)31/h1,3-9,13,15,18,25,33H,10-12,14,16-17H2/t25-/m1/s1. The molecular weight excluding hydrogens is 474 g/mol. The number of ether oxygens (including phenoxy) is 1. The maximum absolute atomic E-state index is 13.5. The van der Waals surface area contributed by atoms with Crippen molar-refractivity contribution in [1.82, 2.24) is 9.58 Å². The summed E-state index contributed by atoms with van der Waals surface area (Å²) < 4.78 is 7.29. The molecule has 0 unspecified atom stereocenters. The number of rotatable bonds is 5. The van der Waals surface area contributed by atoms with Crippen LogP contribution in [0.2, 0.25) is 0 Å². The van der Waals surface area contributed by atoms with Crippen molar-refractivity contribution in [1.29, 1.82) is 0 Å². The third-order valence-electron chi connectivity index (χ3n) is 7.13. The number of fused-ring (bicyclic) bond motifs is 3. The highest BCUT2D eigenvalue weighted by Gasteiger charge is 2.40. The normalized spacial score (nSPS) is 18.5. The fourth-order valence-corrected chi connectivity index (χ4v) is 6.23. The van der Waals surface area contributed by atoms with Gasteiger partial charge in [0.2, 0.25) is 5.43 Å². The van der Waals surface area contributed by atoms with Gasteiger partial charge in [0.25, 0.3) is 5.91 Å². The monoisotopic (exact) mass is 499 g/mol. The minimum absolute atomic E-state index is 0.0178. The van der Waals surface area contributed by atoms with Crippen molar-refractivity contribution in [2.24, 2.45) is 5.92 Å². The molecule has 1 N–H and O–H groups in total. The van der Waals surface area contributed by atoms with Gasteiger partial charge in [-0.1, -0.05) is 49.6 Å². The van der Waals surface area contributed by atoms with E-state index < -0.39 is 11.2 Å². The van der Waals surface area contributed by atoms with Crippen molar-refractivity contribution in [2.75, 3.05) is 18.2 Å². The van der Waals surface area contributed by atoms with Crippen LogP contribution in [-0.2, 0) is 5.75 Å². The fraction of sp³-hybridized carbons (Fsp3) is 0.286. The Bertz CT molecular complexity index is 1460. The van der Waals surface area contributed by atoms with Gasteiger partial charge in [-0.25, -0.2) is 0 Å². The topological polar surface area (TPSA) is 75.0 Å². The van der Waals surface area contributed by atoms with Crippen molar-refractivity contribution < 1.29 is 14.6 Å². The molecule has 8 heteroatoms. The van der Waals surface area contributed by atoms with Crippen LogP contribution in [-0.4, -0.2) is 33.8 Å². The van der Waals surface area contributed by atoms with Crippen LogP contribution in [0.1, 0.15) is 52.5 Å². The van der Waals surface area contributed by atoms with Gasteiger partial charge < -0.3 is 14.7 Å². The molecule has 1 amide bonds. The van der Waals surface area contributed by atoms with Crippen LogP contribution < -0.4 is 15.2 Å². The smallest absolute Gasteiger partial charge is 0.277 e. The third-order valence-corrected chi connectivity index (χ3v) is 8.27. The molecule has 1 atom stereocenters. The average Bonchev–Trinajstić information content (AvgIpc) is 3.73. The van der Waals surface area contributed by atoms with E-state index >= 15 is 0 Å². The molecule has 36 heavy (non-hydrogen) atoms. The number of amides is 1. The van der Waals surface area contributed by atoms with E-state index in [9.17, 15) is 14.7 Å². The zero-order valence-corrected chi connectivity index (χ0v) is 20.4. The first-order valence-corrected chi connectivity index (χ1v) is 13.0. The zero-order valence-electron chi connectivity index (χ0n) is 19.6. The molecule has 182 valence electrons. The highest BCUT2D eigenvalue weighted by molar-refractivity contribution is 7.98. The SMILES string of the molecule is C#COc1cccc2c1[C@H](N1CN(CCC3CC3)C(=O)c3c(O)c(=O)ccn31)c1ccccc1SC2. The third kappa shape index (κ3) is 3.80. The van der Waals surface area contributed by atoms with Gasteiger partial charge in [-0.3, -0.25) is 19.3 Å². The molecule has 0 spiro atoms. The quantitative estimate of drug-likeness (QED) is 0.534. The molecule has 3 heterocycles. The van der Waals surface area contributed by atoms with Gasteiger partial charge in [0.05, 0.1) is 0 Å². The molecule has 7 nitrogen and oxygen atoms in total. The summed E-state index contributed by atoms with van der Waals surface area (Å²) in [5, 5.41) is 12.8.